The first-order valence-corrected chi connectivity index (χ1v) is 3.84. The molecule has 1 aromatic rings. The van der Waals surface area contributed by atoms with E-state index >= 15 is 0 Å². The van der Waals surface area contributed by atoms with Crippen molar-refractivity contribution in [3.05, 3.63) is 29.6 Å². The summed E-state index contributed by atoms with van der Waals surface area (Å²) in [4.78, 5) is 4.16. The Balaban J connectivity index is 2.89. The maximum absolute atomic E-state index is 5.31. The second-order valence-electron chi connectivity index (χ2n) is 2.62. The molecule has 0 spiro atoms. The molecule has 62 valence electrons. The van der Waals surface area contributed by atoms with Gasteiger partial charge in [0.05, 0.1) is 6.04 Å². The van der Waals surface area contributed by atoms with Crippen molar-refractivity contribution in [2.75, 3.05) is 7.05 Å². The van der Waals surface area contributed by atoms with Crippen LogP contribution < -0.4 is 5.32 Å². The van der Waals surface area contributed by atoms with Crippen LogP contribution in [0.2, 0.25) is 0 Å². The van der Waals surface area contributed by atoms with E-state index in [2.05, 4.69) is 16.2 Å². The molecule has 0 aromatic carbocycles. The molecule has 0 saturated heterocycles. The normalized spacial score (nSPS) is 12.1. The Kier molecular flexibility index (Phi) is 2.84. The highest BCUT2D eigenvalue weighted by atomic mass is 14.9. The molecule has 1 unspecified atom stereocenters. The molecule has 0 fully saturated rings. The fraction of sp³-hybridized carbons (Fsp3) is 0.300. The van der Waals surface area contributed by atoms with Crippen molar-refractivity contribution in [1.82, 2.24) is 10.3 Å². The Morgan fingerprint density at radius 3 is 2.75 bits per heavy atom. The molecule has 0 radical (unpaired) electrons. The second kappa shape index (κ2) is 3.89. The first-order chi connectivity index (χ1) is 5.77. The average Bonchev–Trinajstić information content (AvgIpc) is 2.10. The van der Waals surface area contributed by atoms with Gasteiger partial charge in [0, 0.05) is 11.9 Å². The number of hydrogen-bond donors (Lipinski definition) is 1. The van der Waals surface area contributed by atoms with Crippen LogP contribution in [0.1, 0.15) is 17.3 Å². The van der Waals surface area contributed by atoms with Gasteiger partial charge in [0.2, 0.25) is 0 Å². The molecule has 1 rings (SSSR count). The summed E-state index contributed by atoms with van der Waals surface area (Å²) in [6, 6.07) is 3.92. The van der Waals surface area contributed by atoms with Gasteiger partial charge in [-0.1, -0.05) is 12.0 Å². The molecular formula is C10H12N2. The maximum Gasteiger partial charge on any atom is 0.0955 e. The number of nitrogens with one attached hydrogen (secondary N) is 1. The van der Waals surface area contributed by atoms with Gasteiger partial charge < -0.3 is 5.32 Å². The van der Waals surface area contributed by atoms with Crippen molar-refractivity contribution < 1.29 is 0 Å². The number of nitrogens with zero attached hydrogens (tertiary/aromatic N) is 1. The number of aryl methyl sites for hydroxylation is 1. The predicted octanol–water partition coefficient (Wildman–Crippen LogP) is 1.28. The highest BCUT2D eigenvalue weighted by Crippen LogP contribution is 2.09. The molecule has 1 atom stereocenters. The number of pyridine rings is 1. The molecule has 0 aliphatic carbocycles. The molecule has 0 amide bonds. The van der Waals surface area contributed by atoms with Crippen molar-refractivity contribution in [2.24, 2.45) is 0 Å². The third-order valence-electron chi connectivity index (χ3n) is 1.72. The van der Waals surface area contributed by atoms with Gasteiger partial charge >= 0.3 is 0 Å². The lowest BCUT2D eigenvalue weighted by Gasteiger charge is -2.08. The first-order valence-electron chi connectivity index (χ1n) is 3.84. The third-order valence-corrected chi connectivity index (χ3v) is 1.72. The van der Waals surface area contributed by atoms with E-state index in [1.54, 1.807) is 6.20 Å². The van der Waals surface area contributed by atoms with Crippen LogP contribution in [0.15, 0.2) is 18.3 Å². The van der Waals surface area contributed by atoms with Gasteiger partial charge in [-0.05, 0) is 25.6 Å². The van der Waals surface area contributed by atoms with Crippen LogP contribution in [0.5, 0.6) is 0 Å². The summed E-state index contributed by atoms with van der Waals surface area (Å²) in [6.45, 7) is 1.95. The second-order valence-corrected chi connectivity index (χ2v) is 2.62. The molecular weight excluding hydrogens is 148 g/mol. The van der Waals surface area contributed by atoms with Crippen LogP contribution >= 0.6 is 0 Å². The lowest BCUT2D eigenvalue weighted by atomic mass is 10.1. The Bertz CT molecular complexity index is 282. The van der Waals surface area contributed by atoms with E-state index in [4.69, 9.17) is 6.42 Å². The fourth-order valence-electron chi connectivity index (χ4n) is 0.996. The SMILES string of the molecule is C#CC(NC)c1ccc(C)nc1. The van der Waals surface area contributed by atoms with Crippen molar-refractivity contribution in [3.63, 3.8) is 0 Å². The lowest BCUT2D eigenvalue weighted by molar-refractivity contribution is 0.732. The standard InChI is InChI=1S/C10H12N2/c1-4-10(11-3)9-6-5-8(2)12-7-9/h1,5-7,10-11H,2-3H3. The molecule has 0 aliphatic rings. The minimum absolute atomic E-state index is 0.0295. The molecule has 0 bridgehead atoms. The third kappa shape index (κ3) is 1.84. The summed E-state index contributed by atoms with van der Waals surface area (Å²) in [7, 11) is 1.84. The number of rotatable bonds is 2. The van der Waals surface area contributed by atoms with Crippen LogP contribution in [0.4, 0.5) is 0 Å². The highest BCUT2D eigenvalue weighted by molar-refractivity contribution is 5.23. The van der Waals surface area contributed by atoms with Gasteiger partial charge in [0.15, 0.2) is 0 Å². The minimum Gasteiger partial charge on any atom is -0.303 e. The smallest absolute Gasteiger partial charge is 0.0955 e. The summed E-state index contributed by atoms with van der Waals surface area (Å²) in [5, 5.41) is 3.01. The van der Waals surface area contributed by atoms with E-state index in [1.807, 2.05) is 26.1 Å². The Morgan fingerprint density at radius 1 is 1.58 bits per heavy atom. The minimum atomic E-state index is -0.0295. The Hall–Kier alpha value is -1.33. The average molecular weight is 160 g/mol. The van der Waals surface area contributed by atoms with E-state index in [0.29, 0.717) is 0 Å². The monoisotopic (exact) mass is 160 g/mol. The van der Waals surface area contributed by atoms with Gasteiger partial charge in [0.25, 0.3) is 0 Å². The van der Waals surface area contributed by atoms with Crippen molar-refractivity contribution in [3.8, 4) is 12.3 Å². The molecule has 2 heteroatoms. The van der Waals surface area contributed by atoms with Gasteiger partial charge in [-0.3, -0.25) is 4.98 Å². The van der Waals surface area contributed by atoms with Crippen LogP contribution in [-0.2, 0) is 0 Å². The summed E-state index contributed by atoms with van der Waals surface area (Å²) in [6.07, 6.45) is 7.12. The van der Waals surface area contributed by atoms with Crippen molar-refractivity contribution in [2.45, 2.75) is 13.0 Å². The zero-order valence-corrected chi connectivity index (χ0v) is 7.33. The van der Waals surface area contributed by atoms with Crippen LogP contribution in [-0.4, -0.2) is 12.0 Å². The summed E-state index contributed by atoms with van der Waals surface area (Å²) >= 11 is 0. The van der Waals surface area contributed by atoms with Crippen molar-refractivity contribution >= 4 is 0 Å². The van der Waals surface area contributed by atoms with E-state index in [1.165, 1.54) is 0 Å². The Morgan fingerprint density at radius 2 is 2.33 bits per heavy atom. The largest absolute Gasteiger partial charge is 0.303 e. The number of terminal acetylenes is 1. The van der Waals surface area contributed by atoms with E-state index in [-0.39, 0.29) is 6.04 Å². The molecule has 1 heterocycles. The fourth-order valence-corrected chi connectivity index (χ4v) is 0.996. The van der Waals surface area contributed by atoms with E-state index in [9.17, 15) is 0 Å². The quantitative estimate of drug-likeness (QED) is 0.659. The molecule has 1 aromatic heterocycles. The number of aromatic nitrogens is 1. The van der Waals surface area contributed by atoms with Gasteiger partial charge in [-0.15, -0.1) is 6.42 Å². The summed E-state index contributed by atoms with van der Waals surface area (Å²) in [5.41, 5.74) is 2.04. The zero-order valence-electron chi connectivity index (χ0n) is 7.33. The lowest BCUT2D eigenvalue weighted by Crippen LogP contribution is -2.14. The molecule has 2 nitrogen and oxygen atoms in total. The van der Waals surface area contributed by atoms with Gasteiger partial charge in [0.1, 0.15) is 0 Å². The van der Waals surface area contributed by atoms with E-state index in [0.717, 1.165) is 11.3 Å². The first kappa shape index (κ1) is 8.76. The van der Waals surface area contributed by atoms with E-state index < -0.39 is 0 Å². The summed E-state index contributed by atoms with van der Waals surface area (Å²) in [5.74, 6) is 2.64. The van der Waals surface area contributed by atoms with Crippen LogP contribution in [0.25, 0.3) is 0 Å². The topological polar surface area (TPSA) is 24.9 Å². The number of hydrogen-bond acceptors (Lipinski definition) is 2. The maximum atomic E-state index is 5.31. The molecule has 1 N–H and O–H groups in total. The van der Waals surface area contributed by atoms with Crippen LogP contribution in [0, 0.1) is 19.3 Å². The molecule has 12 heavy (non-hydrogen) atoms. The van der Waals surface area contributed by atoms with Gasteiger partial charge in [-0.2, -0.15) is 0 Å². The Labute approximate surface area is 73.0 Å². The molecule has 0 saturated carbocycles. The summed E-state index contributed by atoms with van der Waals surface area (Å²) < 4.78 is 0. The highest BCUT2D eigenvalue weighted by Gasteiger charge is 2.03. The zero-order chi connectivity index (χ0) is 8.97. The van der Waals surface area contributed by atoms with Gasteiger partial charge in [-0.25, -0.2) is 0 Å². The van der Waals surface area contributed by atoms with Crippen molar-refractivity contribution in [1.29, 1.82) is 0 Å². The molecule has 0 aliphatic heterocycles. The predicted molar refractivity (Wildman–Crippen MR) is 49.6 cm³/mol. The van der Waals surface area contributed by atoms with Crippen LogP contribution in [0.3, 0.4) is 0 Å².